The van der Waals surface area contributed by atoms with E-state index in [2.05, 4.69) is 5.32 Å². The summed E-state index contributed by atoms with van der Waals surface area (Å²) in [4.78, 5) is 36.5. The summed E-state index contributed by atoms with van der Waals surface area (Å²) in [5.74, 6) is -5.32. The van der Waals surface area contributed by atoms with Gasteiger partial charge in [0.1, 0.15) is 12.2 Å². The minimum Gasteiger partial charge on any atom is -0.493 e. The molecule has 5 N–H and O–H groups in total. The topological polar surface area (TPSA) is 182 Å². The highest BCUT2D eigenvalue weighted by molar-refractivity contribution is 6.24. The molecule has 2 aliphatic heterocycles. The van der Waals surface area contributed by atoms with Crippen molar-refractivity contribution in [2.75, 3.05) is 14.2 Å². The molecule has 6 aliphatic rings. The third-order valence-electron chi connectivity index (χ3n) is 10.7. The number of ether oxygens (including phenoxy) is 4. The quantitative estimate of drug-likeness (QED) is 0.183. The Morgan fingerprint density at radius 3 is 2.29 bits per heavy atom. The third-order valence-corrected chi connectivity index (χ3v) is 11.1. The van der Waals surface area contributed by atoms with Crippen LogP contribution in [-0.4, -0.2) is 93.2 Å². The largest absolute Gasteiger partial charge is 0.493 e. The Hall–Kier alpha value is -2.23. The summed E-state index contributed by atoms with van der Waals surface area (Å²) in [6, 6.07) is 3.63. The van der Waals surface area contributed by atoms with Crippen LogP contribution in [0.4, 0.5) is 0 Å². The molecule has 7 rings (SSSR count). The van der Waals surface area contributed by atoms with Crippen LogP contribution in [0.3, 0.4) is 0 Å². The first-order valence-corrected chi connectivity index (χ1v) is 15.9. The summed E-state index contributed by atoms with van der Waals surface area (Å²) in [6.07, 6.45) is -2.29. The molecule has 1 spiro atoms. The van der Waals surface area contributed by atoms with Crippen LogP contribution in [0.5, 0.6) is 11.5 Å². The molecular weight excluding hydrogens is 614 g/mol. The lowest BCUT2D eigenvalue weighted by atomic mass is 9.46. The van der Waals surface area contributed by atoms with E-state index in [9.17, 15) is 30.0 Å². The molecule has 6 fully saturated rings. The lowest BCUT2D eigenvalue weighted by Crippen LogP contribution is -2.78. The number of halogens is 1. The van der Waals surface area contributed by atoms with Crippen molar-refractivity contribution in [1.29, 1.82) is 0 Å². The van der Waals surface area contributed by atoms with Crippen molar-refractivity contribution in [1.82, 2.24) is 5.32 Å². The number of rotatable bonds is 10. The Morgan fingerprint density at radius 2 is 1.78 bits per heavy atom. The highest BCUT2D eigenvalue weighted by Crippen LogP contribution is 2.71. The van der Waals surface area contributed by atoms with E-state index in [4.69, 9.17) is 40.3 Å². The lowest BCUT2D eigenvalue weighted by molar-refractivity contribution is -0.645. The molecule has 4 saturated carbocycles. The highest BCUT2D eigenvalue weighted by Gasteiger charge is 2.78. The lowest BCUT2D eigenvalue weighted by Gasteiger charge is -2.70. The Morgan fingerprint density at radius 1 is 1.09 bits per heavy atom. The Balaban J connectivity index is 1.37. The van der Waals surface area contributed by atoms with Crippen LogP contribution in [-0.2, 0) is 34.6 Å². The van der Waals surface area contributed by atoms with Gasteiger partial charge in [0.2, 0.25) is 5.91 Å². The fourth-order valence-corrected chi connectivity index (χ4v) is 9.44. The maximum atomic E-state index is 12.9. The molecule has 2 heterocycles. The zero-order chi connectivity index (χ0) is 32.5. The molecule has 250 valence electrons. The van der Waals surface area contributed by atoms with E-state index in [1.165, 1.54) is 21.1 Å². The average molecular weight is 656 g/mol. The molecule has 1 amide bonds. The molecule has 9 unspecified atom stereocenters. The molecule has 4 aliphatic carbocycles. The number of hydrogen-bond donors (Lipinski definition) is 5. The van der Waals surface area contributed by atoms with Crippen molar-refractivity contribution in [3.63, 3.8) is 0 Å². The second kappa shape index (κ2) is 11.5. The fraction of sp³-hybridized carbons (Fsp3) is 0.742. The van der Waals surface area contributed by atoms with Crippen molar-refractivity contribution in [2.24, 2.45) is 17.8 Å². The van der Waals surface area contributed by atoms with Gasteiger partial charge in [0.25, 0.3) is 5.79 Å². The Labute approximate surface area is 265 Å². The standard InChI is InChI=1S/C31H42ClNO12/c1-5-20(35)25(37)26-24(33-15(2)34)21(36)14-29(43-26,27(38)39)42-23-10-17(6-7-22(23)40-3)31(41-4)30(44-45-31)18-8-16-9-19(30)13-28(32,11-16)12-18/h6-7,10,16,18-21,24-26,35-37H,5,8-9,11-14H2,1-4H3,(H,33,34)(H,38,39). The molecular formula is C31H42ClNO12. The van der Waals surface area contributed by atoms with Gasteiger partial charge in [-0.25, -0.2) is 9.68 Å². The monoisotopic (exact) mass is 655 g/mol. The van der Waals surface area contributed by atoms with Crippen molar-refractivity contribution in [3.05, 3.63) is 23.8 Å². The van der Waals surface area contributed by atoms with Gasteiger partial charge in [0.15, 0.2) is 17.1 Å². The van der Waals surface area contributed by atoms with E-state index in [1.807, 2.05) is 0 Å². The number of aliphatic hydroxyl groups excluding tert-OH is 3. The molecule has 14 heteroatoms. The van der Waals surface area contributed by atoms with Gasteiger partial charge in [0, 0.05) is 24.5 Å². The van der Waals surface area contributed by atoms with Gasteiger partial charge in [-0.15, -0.1) is 11.6 Å². The molecule has 1 aromatic rings. The summed E-state index contributed by atoms with van der Waals surface area (Å²) in [5, 5.41) is 45.5. The maximum absolute atomic E-state index is 12.9. The molecule has 45 heavy (non-hydrogen) atoms. The van der Waals surface area contributed by atoms with E-state index in [0.29, 0.717) is 11.5 Å². The summed E-state index contributed by atoms with van der Waals surface area (Å²) >= 11 is 7.03. The number of aliphatic hydroxyl groups is 3. The van der Waals surface area contributed by atoms with Crippen molar-refractivity contribution in [3.8, 4) is 11.5 Å². The van der Waals surface area contributed by atoms with E-state index in [-0.39, 0.29) is 34.6 Å². The van der Waals surface area contributed by atoms with Crippen LogP contribution in [0.15, 0.2) is 18.2 Å². The smallest absolute Gasteiger partial charge is 0.377 e. The van der Waals surface area contributed by atoms with Gasteiger partial charge >= 0.3 is 11.8 Å². The van der Waals surface area contributed by atoms with Gasteiger partial charge in [0.05, 0.1) is 31.8 Å². The summed E-state index contributed by atoms with van der Waals surface area (Å²) in [7, 11) is 2.92. The second-order valence-electron chi connectivity index (χ2n) is 13.3. The number of methoxy groups -OCH3 is 2. The first-order chi connectivity index (χ1) is 21.3. The van der Waals surface area contributed by atoms with Crippen LogP contribution < -0.4 is 14.8 Å². The number of carboxylic acid groups (broad SMARTS) is 1. The van der Waals surface area contributed by atoms with Crippen LogP contribution in [0.2, 0.25) is 0 Å². The molecule has 0 aromatic heterocycles. The summed E-state index contributed by atoms with van der Waals surface area (Å²) < 4.78 is 23.7. The Kier molecular flexibility index (Phi) is 8.34. The highest BCUT2D eigenvalue weighted by atomic mass is 35.5. The normalized spacial score (nSPS) is 42.9. The number of carbonyl (C=O) groups excluding carboxylic acids is 1. The number of alkyl halides is 1. The zero-order valence-corrected chi connectivity index (χ0v) is 26.5. The predicted molar refractivity (Wildman–Crippen MR) is 155 cm³/mol. The number of aliphatic carboxylic acids is 1. The average Bonchev–Trinajstić information content (AvgIpc) is 2.96. The van der Waals surface area contributed by atoms with Gasteiger partial charge < -0.3 is 44.7 Å². The van der Waals surface area contributed by atoms with Gasteiger partial charge in [-0.05, 0) is 74.5 Å². The van der Waals surface area contributed by atoms with E-state index >= 15 is 0 Å². The van der Waals surface area contributed by atoms with E-state index < -0.39 is 65.9 Å². The SMILES string of the molecule is CCC(O)C(O)C1OC(Oc2cc(C3(OC)OOC34C3CC5CC4CC(Cl)(C5)C3)ccc2OC)(C(=O)O)CC(O)C1NC(C)=O. The van der Waals surface area contributed by atoms with Gasteiger partial charge in [-0.2, -0.15) is 4.89 Å². The zero-order valence-electron chi connectivity index (χ0n) is 25.7. The van der Waals surface area contributed by atoms with Crippen molar-refractivity contribution in [2.45, 2.75) is 111 Å². The van der Waals surface area contributed by atoms with Gasteiger partial charge in [-0.1, -0.05) is 6.92 Å². The number of amides is 1. The van der Waals surface area contributed by atoms with Crippen LogP contribution in [0.25, 0.3) is 0 Å². The minimum atomic E-state index is -2.55. The van der Waals surface area contributed by atoms with Crippen molar-refractivity contribution < 1.29 is 58.7 Å². The van der Waals surface area contributed by atoms with Crippen LogP contribution in [0, 0.1) is 17.8 Å². The minimum absolute atomic E-state index is 0.0634. The Bertz CT molecular complexity index is 1310. The maximum Gasteiger partial charge on any atom is 0.377 e. The van der Waals surface area contributed by atoms with E-state index in [0.717, 1.165) is 32.1 Å². The van der Waals surface area contributed by atoms with Crippen LogP contribution >= 0.6 is 11.6 Å². The number of hydrogen-bond acceptors (Lipinski definition) is 11. The molecule has 13 nitrogen and oxygen atoms in total. The molecule has 9 atom stereocenters. The number of benzene rings is 1. The predicted octanol–water partition coefficient (Wildman–Crippen LogP) is 1.96. The molecule has 2 saturated heterocycles. The van der Waals surface area contributed by atoms with E-state index in [1.54, 1.807) is 25.1 Å². The van der Waals surface area contributed by atoms with Crippen LogP contribution in [0.1, 0.15) is 64.4 Å². The van der Waals surface area contributed by atoms with Gasteiger partial charge in [-0.3, -0.25) is 4.79 Å². The second-order valence-corrected chi connectivity index (χ2v) is 14.1. The first-order valence-electron chi connectivity index (χ1n) is 15.5. The fourth-order valence-electron chi connectivity index (χ4n) is 8.85. The molecule has 4 bridgehead atoms. The molecule has 1 aromatic carbocycles. The molecule has 0 radical (unpaired) electrons. The van der Waals surface area contributed by atoms with Crippen molar-refractivity contribution >= 4 is 23.5 Å². The third kappa shape index (κ3) is 4.93. The number of carbonyl (C=O) groups is 2. The first kappa shape index (κ1) is 32.7. The number of nitrogens with one attached hydrogen (secondary N) is 1. The summed E-state index contributed by atoms with van der Waals surface area (Å²) in [6.45, 7) is 2.82. The number of carboxylic acids is 1. The summed E-state index contributed by atoms with van der Waals surface area (Å²) in [5.41, 5.74) is -0.323.